The lowest BCUT2D eigenvalue weighted by molar-refractivity contribution is -0.141. The van der Waals surface area contributed by atoms with E-state index >= 15 is 0 Å². The molecule has 0 unspecified atom stereocenters. The molecule has 1 saturated heterocycles. The molecular weight excluding hydrogens is 503 g/mol. The second-order valence-electron chi connectivity index (χ2n) is 8.82. The van der Waals surface area contributed by atoms with Gasteiger partial charge in [0, 0.05) is 36.6 Å². The van der Waals surface area contributed by atoms with Gasteiger partial charge in [0.05, 0.1) is 21.6 Å². The van der Waals surface area contributed by atoms with E-state index in [4.69, 9.17) is 0 Å². The first-order valence-electron chi connectivity index (χ1n) is 11.8. The molecule has 192 valence electrons. The van der Waals surface area contributed by atoms with Crippen molar-refractivity contribution in [1.82, 2.24) is 24.6 Å². The Labute approximate surface area is 212 Å². The van der Waals surface area contributed by atoms with Gasteiger partial charge in [0.15, 0.2) is 0 Å². The van der Waals surface area contributed by atoms with Crippen molar-refractivity contribution in [2.75, 3.05) is 26.2 Å². The molecule has 1 aliphatic heterocycles. The molecule has 0 atom stereocenters. The molecule has 0 aliphatic carbocycles. The van der Waals surface area contributed by atoms with Crippen molar-refractivity contribution in [2.24, 2.45) is 0 Å². The van der Waals surface area contributed by atoms with Crippen molar-refractivity contribution in [3.63, 3.8) is 0 Å². The van der Waals surface area contributed by atoms with Gasteiger partial charge in [0.2, 0.25) is 10.0 Å². The standard InChI is InChI=1S/C26H24F3N5O2S/c27-26(28,29)24-17-18(8-10-31-24)21-9-11-30-23-7-6-22(33-25(21)23)19-4-3-5-20(16-19)37(35,36)32-12-15-34-13-1-2-14-34/h3-11,16-17,32H,1-2,12-15H2. The molecule has 1 N–H and O–H groups in total. The van der Waals surface area contributed by atoms with Gasteiger partial charge in [-0.3, -0.25) is 9.97 Å². The fourth-order valence-electron chi connectivity index (χ4n) is 4.42. The third-order valence-corrected chi connectivity index (χ3v) is 7.76. The van der Waals surface area contributed by atoms with Crippen molar-refractivity contribution in [1.29, 1.82) is 0 Å². The Bertz CT molecular complexity index is 1540. The molecule has 7 nitrogen and oxygen atoms in total. The Balaban J connectivity index is 1.46. The molecule has 0 saturated carbocycles. The minimum atomic E-state index is -4.58. The second-order valence-corrected chi connectivity index (χ2v) is 10.6. The van der Waals surface area contributed by atoms with E-state index in [1.165, 1.54) is 24.4 Å². The molecule has 4 aromatic rings. The van der Waals surface area contributed by atoms with Crippen molar-refractivity contribution in [3.8, 4) is 22.4 Å². The number of sulfonamides is 1. The zero-order chi connectivity index (χ0) is 26.0. The van der Waals surface area contributed by atoms with Gasteiger partial charge in [-0.15, -0.1) is 0 Å². The normalized spacial score (nSPS) is 14.9. The number of aromatic nitrogens is 3. The van der Waals surface area contributed by atoms with Gasteiger partial charge >= 0.3 is 6.18 Å². The number of alkyl halides is 3. The number of nitrogens with zero attached hydrogens (tertiary/aromatic N) is 4. The molecule has 4 heterocycles. The number of benzene rings is 1. The van der Waals surface area contributed by atoms with Gasteiger partial charge in [-0.05, 0) is 74.0 Å². The molecule has 11 heteroatoms. The van der Waals surface area contributed by atoms with Crippen LogP contribution in [0.15, 0.2) is 71.9 Å². The predicted octanol–water partition coefficient (Wildman–Crippen LogP) is 4.75. The first-order chi connectivity index (χ1) is 17.7. The van der Waals surface area contributed by atoms with Crippen LogP contribution in [0, 0.1) is 0 Å². The van der Waals surface area contributed by atoms with E-state index < -0.39 is 21.9 Å². The molecule has 0 bridgehead atoms. The average Bonchev–Trinajstić information content (AvgIpc) is 3.41. The minimum absolute atomic E-state index is 0.115. The predicted molar refractivity (Wildman–Crippen MR) is 134 cm³/mol. The maximum Gasteiger partial charge on any atom is 0.433 e. The summed E-state index contributed by atoms with van der Waals surface area (Å²) in [5.41, 5.74) is 1.70. The quantitative estimate of drug-likeness (QED) is 0.373. The minimum Gasteiger partial charge on any atom is -0.302 e. The van der Waals surface area contributed by atoms with E-state index in [-0.39, 0.29) is 4.90 Å². The molecule has 1 aromatic carbocycles. The van der Waals surface area contributed by atoms with Crippen LogP contribution in [-0.4, -0.2) is 54.4 Å². The smallest absolute Gasteiger partial charge is 0.302 e. The Hall–Kier alpha value is -3.41. The second kappa shape index (κ2) is 10.2. The van der Waals surface area contributed by atoms with Gasteiger partial charge in [0.25, 0.3) is 0 Å². The maximum absolute atomic E-state index is 13.2. The lowest BCUT2D eigenvalue weighted by atomic mass is 10.0. The number of halogens is 3. The van der Waals surface area contributed by atoms with E-state index in [2.05, 4.69) is 24.6 Å². The van der Waals surface area contributed by atoms with Crippen LogP contribution in [0.5, 0.6) is 0 Å². The topological polar surface area (TPSA) is 88.1 Å². The number of likely N-dealkylation sites (tertiary alicyclic amines) is 1. The molecular formula is C26H24F3N5O2S. The van der Waals surface area contributed by atoms with Crippen LogP contribution in [0.2, 0.25) is 0 Å². The van der Waals surface area contributed by atoms with Crippen LogP contribution in [0.3, 0.4) is 0 Å². The number of rotatable bonds is 7. The van der Waals surface area contributed by atoms with E-state index in [0.29, 0.717) is 46.5 Å². The molecule has 3 aromatic heterocycles. The monoisotopic (exact) mass is 527 g/mol. The lowest BCUT2D eigenvalue weighted by Crippen LogP contribution is -2.33. The highest BCUT2D eigenvalue weighted by atomic mass is 32.2. The number of nitrogens with one attached hydrogen (secondary N) is 1. The Morgan fingerprint density at radius 2 is 1.70 bits per heavy atom. The van der Waals surface area contributed by atoms with Crippen LogP contribution in [0.4, 0.5) is 13.2 Å². The number of hydrogen-bond donors (Lipinski definition) is 1. The van der Waals surface area contributed by atoms with Crippen LogP contribution < -0.4 is 4.72 Å². The summed E-state index contributed by atoms with van der Waals surface area (Å²) < 4.78 is 68.1. The van der Waals surface area contributed by atoms with Gasteiger partial charge in [-0.1, -0.05) is 12.1 Å². The highest BCUT2D eigenvalue weighted by Crippen LogP contribution is 2.33. The molecule has 37 heavy (non-hydrogen) atoms. The molecule has 1 aliphatic rings. The summed E-state index contributed by atoms with van der Waals surface area (Å²) in [6.07, 6.45) is 0.309. The highest BCUT2D eigenvalue weighted by molar-refractivity contribution is 7.89. The maximum atomic E-state index is 13.2. The fraction of sp³-hybridized carbons (Fsp3) is 0.269. The Morgan fingerprint density at radius 3 is 2.49 bits per heavy atom. The van der Waals surface area contributed by atoms with Crippen molar-refractivity contribution < 1.29 is 21.6 Å². The van der Waals surface area contributed by atoms with E-state index in [0.717, 1.165) is 38.2 Å². The molecule has 1 fully saturated rings. The third kappa shape index (κ3) is 5.63. The number of pyridine rings is 3. The van der Waals surface area contributed by atoms with Gasteiger partial charge in [-0.2, -0.15) is 13.2 Å². The van der Waals surface area contributed by atoms with Gasteiger partial charge < -0.3 is 4.90 Å². The summed E-state index contributed by atoms with van der Waals surface area (Å²) in [6, 6.07) is 13.9. The SMILES string of the molecule is O=S(=O)(NCCN1CCCC1)c1cccc(-c2ccc3nccc(-c4ccnc(C(F)(F)F)c4)c3n2)c1. The Morgan fingerprint density at radius 1 is 0.919 bits per heavy atom. The molecule has 0 spiro atoms. The first kappa shape index (κ1) is 25.2. The van der Waals surface area contributed by atoms with E-state index in [1.807, 2.05) is 0 Å². The van der Waals surface area contributed by atoms with Crippen LogP contribution >= 0.6 is 0 Å². The average molecular weight is 528 g/mol. The summed E-state index contributed by atoms with van der Waals surface area (Å²) in [5.74, 6) is 0. The highest BCUT2D eigenvalue weighted by Gasteiger charge is 2.32. The van der Waals surface area contributed by atoms with E-state index in [9.17, 15) is 21.6 Å². The summed E-state index contributed by atoms with van der Waals surface area (Å²) in [7, 11) is -3.73. The van der Waals surface area contributed by atoms with Gasteiger partial charge in [-0.25, -0.2) is 18.1 Å². The zero-order valence-electron chi connectivity index (χ0n) is 19.7. The fourth-order valence-corrected chi connectivity index (χ4v) is 5.49. The number of fused-ring (bicyclic) bond motifs is 1. The summed E-state index contributed by atoms with van der Waals surface area (Å²) >= 11 is 0. The van der Waals surface area contributed by atoms with Crippen molar-refractivity contribution >= 4 is 21.1 Å². The summed E-state index contributed by atoms with van der Waals surface area (Å²) in [6.45, 7) is 2.95. The van der Waals surface area contributed by atoms with Gasteiger partial charge in [0.1, 0.15) is 5.69 Å². The van der Waals surface area contributed by atoms with Crippen LogP contribution in [0.25, 0.3) is 33.4 Å². The van der Waals surface area contributed by atoms with E-state index in [1.54, 1.807) is 30.3 Å². The largest absolute Gasteiger partial charge is 0.433 e. The molecule has 0 amide bonds. The summed E-state index contributed by atoms with van der Waals surface area (Å²) in [4.78, 5) is 14.7. The molecule has 0 radical (unpaired) electrons. The van der Waals surface area contributed by atoms with Crippen molar-refractivity contribution in [2.45, 2.75) is 23.9 Å². The summed E-state index contributed by atoms with van der Waals surface area (Å²) in [5, 5.41) is 0. The molecule has 5 rings (SSSR count). The zero-order valence-corrected chi connectivity index (χ0v) is 20.6. The lowest BCUT2D eigenvalue weighted by Gasteiger charge is -2.15. The first-order valence-corrected chi connectivity index (χ1v) is 13.3. The Kier molecular flexibility index (Phi) is 6.93. The van der Waals surface area contributed by atoms with Crippen LogP contribution in [-0.2, 0) is 16.2 Å². The number of hydrogen-bond acceptors (Lipinski definition) is 6. The van der Waals surface area contributed by atoms with Crippen molar-refractivity contribution in [3.05, 3.63) is 72.7 Å². The van der Waals surface area contributed by atoms with Crippen LogP contribution in [0.1, 0.15) is 18.5 Å². The third-order valence-electron chi connectivity index (χ3n) is 6.30.